The molecule has 0 atom stereocenters. The smallest absolute Gasteiger partial charge is 0.227 e. The Kier molecular flexibility index (Phi) is 3.63. The van der Waals surface area contributed by atoms with Crippen LogP contribution >= 0.6 is 0 Å². The van der Waals surface area contributed by atoms with E-state index in [1.807, 2.05) is 24.3 Å². The van der Waals surface area contributed by atoms with Gasteiger partial charge in [0.2, 0.25) is 5.91 Å². The molecule has 3 rings (SSSR count). The van der Waals surface area contributed by atoms with E-state index < -0.39 is 0 Å². The summed E-state index contributed by atoms with van der Waals surface area (Å²) in [5.74, 6) is 1.71. The summed E-state index contributed by atoms with van der Waals surface area (Å²) in [7, 11) is 0. The number of pyridine rings is 1. The quantitative estimate of drug-likeness (QED) is 0.921. The second-order valence-electron chi connectivity index (χ2n) is 4.93. The lowest BCUT2D eigenvalue weighted by Gasteiger charge is -2.24. The van der Waals surface area contributed by atoms with E-state index in [9.17, 15) is 4.79 Å². The molecule has 102 valence electrons. The lowest BCUT2D eigenvalue weighted by molar-refractivity contribution is -0.122. The molecule has 1 fully saturated rings. The number of nitrogens with one attached hydrogen (secondary N) is 1. The highest BCUT2D eigenvalue weighted by Crippen LogP contribution is 2.28. The highest BCUT2D eigenvalue weighted by Gasteiger charge is 2.25. The van der Waals surface area contributed by atoms with Gasteiger partial charge in [0.05, 0.1) is 0 Å². The van der Waals surface area contributed by atoms with Gasteiger partial charge in [0.25, 0.3) is 0 Å². The van der Waals surface area contributed by atoms with Crippen molar-refractivity contribution < 1.29 is 9.53 Å². The Labute approximate surface area is 117 Å². The van der Waals surface area contributed by atoms with Crippen LogP contribution in [0.2, 0.25) is 0 Å². The zero-order valence-corrected chi connectivity index (χ0v) is 11.1. The minimum absolute atomic E-state index is 0.109. The van der Waals surface area contributed by atoms with Crippen LogP contribution in [0.1, 0.15) is 19.3 Å². The van der Waals surface area contributed by atoms with Crippen LogP contribution in [0.3, 0.4) is 0 Å². The van der Waals surface area contributed by atoms with Crippen molar-refractivity contribution in [2.75, 3.05) is 5.32 Å². The standard InChI is InChI=1S/C16H16N2O2/c19-16(12-3-1-4-12)18-13-5-2-6-15(11-13)20-14-7-9-17-10-8-14/h2,5-12H,1,3-4H2,(H,18,19). The van der Waals surface area contributed by atoms with Crippen LogP contribution in [0.5, 0.6) is 11.5 Å². The fraction of sp³-hybridized carbons (Fsp3) is 0.250. The van der Waals surface area contributed by atoms with Gasteiger partial charge in [-0.2, -0.15) is 0 Å². The van der Waals surface area contributed by atoms with Gasteiger partial charge in [-0.3, -0.25) is 9.78 Å². The van der Waals surface area contributed by atoms with Crippen molar-refractivity contribution in [1.29, 1.82) is 0 Å². The van der Waals surface area contributed by atoms with Crippen LogP contribution < -0.4 is 10.1 Å². The third-order valence-electron chi connectivity index (χ3n) is 3.46. The maximum Gasteiger partial charge on any atom is 0.227 e. The number of carbonyl (C=O) groups excluding carboxylic acids is 1. The predicted octanol–water partition coefficient (Wildman–Crippen LogP) is 3.61. The van der Waals surface area contributed by atoms with Gasteiger partial charge in [0, 0.05) is 30.1 Å². The van der Waals surface area contributed by atoms with Crippen molar-refractivity contribution in [2.24, 2.45) is 5.92 Å². The summed E-state index contributed by atoms with van der Waals surface area (Å²) < 4.78 is 5.71. The number of hydrogen-bond acceptors (Lipinski definition) is 3. The SMILES string of the molecule is O=C(Nc1cccc(Oc2ccncc2)c1)C1CCC1. The summed E-state index contributed by atoms with van der Waals surface area (Å²) in [6.07, 6.45) is 6.51. The molecule has 0 saturated heterocycles. The highest BCUT2D eigenvalue weighted by molar-refractivity contribution is 5.93. The zero-order valence-electron chi connectivity index (χ0n) is 11.1. The van der Waals surface area contributed by atoms with Crippen LogP contribution in [0.4, 0.5) is 5.69 Å². The Morgan fingerprint density at radius 2 is 1.95 bits per heavy atom. The first-order chi connectivity index (χ1) is 9.81. The Balaban J connectivity index is 1.67. The van der Waals surface area contributed by atoms with Crippen molar-refractivity contribution >= 4 is 11.6 Å². The van der Waals surface area contributed by atoms with Gasteiger partial charge in [0.15, 0.2) is 0 Å². The fourth-order valence-electron chi connectivity index (χ4n) is 2.09. The molecule has 20 heavy (non-hydrogen) atoms. The number of benzene rings is 1. The molecule has 1 aromatic heterocycles. The minimum Gasteiger partial charge on any atom is -0.457 e. The van der Waals surface area contributed by atoms with Crippen LogP contribution in [-0.2, 0) is 4.79 Å². The first-order valence-corrected chi connectivity index (χ1v) is 6.80. The van der Waals surface area contributed by atoms with Gasteiger partial charge >= 0.3 is 0 Å². The van der Waals surface area contributed by atoms with Crippen molar-refractivity contribution in [3.8, 4) is 11.5 Å². The van der Waals surface area contributed by atoms with Crippen LogP contribution in [0.25, 0.3) is 0 Å². The average Bonchev–Trinajstić information content (AvgIpc) is 2.38. The molecule has 1 N–H and O–H groups in total. The van der Waals surface area contributed by atoms with E-state index in [1.165, 1.54) is 0 Å². The van der Waals surface area contributed by atoms with Crippen molar-refractivity contribution in [3.63, 3.8) is 0 Å². The van der Waals surface area contributed by atoms with Gasteiger partial charge in [-0.25, -0.2) is 0 Å². The number of carbonyl (C=O) groups is 1. The van der Waals surface area contributed by atoms with Crippen molar-refractivity contribution in [1.82, 2.24) is 4.98 Å². The number of nitrogens with zero attached hydrogens (tertiary/aromatic N) is 1. The van der Waals surface area contributed by atoms with Gasteiger partial charge in [0.1, 0.15) is 11.5 Å². The Bertz CT molecular complexity index is 594. The van der Waals surface area contributed by atoms with E-state index in [4.69, 9.17) is 4.74 Å². The predicted molar refractivity (Wildman–Crippen MR) is 76.7 cm³/mol. The van der Waals surface area contributed by atoms with Gasteiger partial charge in [-0.1, -0.05) is 12.5 Å². The molecule has 1 aromatic carbocycles. The molecular formula is C16H16N2O2. The summed E-state index contributed by atoms with van der Waals surface area (Å²) in [5.41, 5.74) is 0.772. The summed E-state index contributed by atoms with van der Waals surface area (Å²) in [5, 5.41) is 2.94. The lowest BCUT2D eigenvalue weighted by atomic mass is 9.85. The fourth-order valence-corrected chi connectivity index (χ4v) is 2.09. The van der Waals surface area contributed by atoms with E-state index in [-0.39, 0.29) is 11.8 Å². The number of ether oxygens (including phenoxy) is 1. The second kappa shape index (κ2) is 5.74. The third kappa shape index (κ3) is 2.96. The zero-order chi connectivity index (χ0) is 13.8. The molecule has 0 unspecified atom stereocenters. The minimum atomic E-state index is 0.109. The molecule has 0 aliphatic heterocycles. The van der Waals surface area contributed by atoms with Crippen molar-refractivity contribution in [2.45, 2.75) is 19.3 Å². The molecule has 1 aliphatic rings. The van der Waals surface area contributed by atoms with Crippen molar-refractivity contribution in [3.05, 3.63) is 48.8 Å². The molecule has 4 nitrogen and oxygen atoms in total. The van der Waals surface area contributed by atoms with Gasteiger partial charge in [-0.05, 0) is 37.1 Å². The van der Waals surface area contributed by atoms with E-state index in [0.29, 0.717) is 5.75 Å². The van der Waals surface area contributed by atoms with Gasteiger partial charge in [-0.15, -0.1) is 0 Å². The van der Waals surface area contributed by atoms with E-state index >= 15 is 0 Å². The second-order valence-corrected chi connectivity index (χ2v) is 4.93. The summed E-state index contributed by atoms with van der Waals surface area (Å²) in [4.78, 5) is 15.8. The molecule has 0 bridgehead atoms. The number of rotatable bonds is 4. The molecular weight excluding hydrogens is 252 g/mol. The molecule has 0 radical (unpaired) electrons. The molecule has 2 aromatic rings. The maximum atomic E-state index is 11.9. The third-order valence-corrected chi connectivity index (χ3v) is 3.46. The lowest BCUT2D eigenvalue weighted by Crippen LogP contribution is -2.27. The van der Waals surface area contributed by atoms with Crippen LogP contribution in [0, 0.1) is 5.92 Å². The normalized spacial score (nSPS) is 14.4. The first kappa shape index (κ1) is 12.7. The maximum absolute atomic E-state index is 11.9. The van der Waals surface area contributed by atoms with E-state index in [0.717, 1.165) is 30.7 Å². The van der Waals surface area contributed by atoms with Crippen LogP contribution in [-0.4, -0.2) is 10.9 Å². The number of amides is 1. The summed E-state index contributed by atoms with van der Waals surface area (Å²) >= 11 is 0. The molecule has 1 aliphatic carbocycles. The molecule has 1 heterocycles. The molecule has 4 heteroatoms. The first-order valence-electron chi connectivity index (χ1n) is 6.80. The van der Waals surface area contributed by atoms with E-state index in [2.05, 4.69) is 10.3 Å². The summed E-state index contributed by atoms with van der Waals surface area (Å²) in [6, 6.07) is 11.0. The largest absolute Gasteiger partial charge is 0.457 e. The number of anilines is 1. The molecule has 1 amide bonds. The number of aromatic nitrogens is 1. The Morgan fingerprint density at radius 3 is 2.65 bits per heavy atom. The van der Waals surface area contributed by atoms with Gasteiger partial charge < -0.3 is 10.1 Å². The number of hydrogen-bond donors (Lipinski definition) is 1. The van der Waals surface area contributed by atoms with Crippen LogP contribution in [0.15, 0.2) is 48.8 Å². The Hall–Kier alpha value is -2.36. The molecule has 1 saturated carbocycles. The monoisotopic (exact) mass is 268 g/mol. The Morgan fingerprint density at radius 1 is 1.15 bits per heavy atom. The highest BCUT2D eigenvalue weighted by atomic mass is 16.5. The topological polar surface area (TPSA) is 51.2 Å². The average molecular weight is 268 g/mol. The van der Waals surface area contributed by atoms with E-state index in [1.54, 1.807) is 24.5 Å². The summed E-state index contributed by atoms with van der Waals surface area (Å²) in [6.45, 7) is 0. The molecule has 0 spiro atoms.